The van der Waals surface area contributed by atoms with Gasteiger partial charge in [0.2, 0.25) is 5.91 Å². The number of fused-ring (bicyclic) bond motifs is 2. The number of thiophene rings is 1. The van der Waals surface area contributed by atoms with Crippen LogP contribution in [0.2, 0.25) is 0 Å². The topological polar surface area (TPSA) is 32.3 Å². The molecule has 20 heavy (non-hydrogen) atoms. The van der Waals surface area contributed by atoms with Crippen LogP contribution >= 0.6 is 11.3 Å². The van der Waals surface area contributed by atoms with Gasteiger partial charge in [-0.1, -0.05) is 6.42 Å². The molecule has 1 spiro atoms. The van der Waals surface area contributed by atoms with Crippen LogP contribution in [0.1, 0.15) is 50.3 Å². The lowest BCUT2D eigenvalue weighted by Crippen LogP contribution is -2.43. The van der Waals surface area contributed by atoms with E-state index >= 15 is 0 Å². The number of rotatable bonds is 2. The molecule has 4 fully saturated rings. The first-order valence-electron chi connectivity index (χ1n) is 7.89. The Morgan fingerprint density at radius 2 is 2.20 bits per heavy atom. The smallest absolute Gasteiger partial charge is 0.244 e. The first-order chi connectivity index (χ1) is 9.77. The van der Waals surface area contributed by atoms with E-state index in [4.69, 9.17) is 0 Å². The van der Waals surface area contributed by atoms with Crippen LogP contribution in [0.4, 0.5) is 0 Å². The van der Waals surface area contributed by atoms with Gasteiger partial charge in [0.05, 0.1) is 0 Å². The van der Waals surface area contributed by atoms with Gasteiger partial charge in [0.1, 0.15) is 11.7 Å². The van der Waals surface area contributed by atoms with Gasteiger partial charge in [-0.2, -0.15) is 11.3 Å². The van der Waals surface area contributed by atoms with Crippen molar-refractivity contribution in [2.45, 2.75) is 56.3 Å². The number of nitrogens with one attached hydrogen (secondary N) is 1. The third-order valence-electron chi connectivity index (χ3n) is 6.00. The fourth-order valence-corrected chi connectivity index (χ4v) is 5.49. The van der Waals surface area contributed by atoms with Crippen LogP contribution in [0, 0.1) is 11.8 Å². The molecule has 1 aromatic heterocycles. The molecule has 4 atom stereocenters. The maximum atomic E-state index is 12.9. The average molecular weight is 288 g/mol. The molecule has 1 aliphatic heterocycles. The van der Waals surface area contributed by atoms with E-state index in [-0.39, 0.29) is 11.7 Å². The van der Waals surface area contributed by atoms with E-state index in [0.717, 1.165) is 24.7 Å². The second-order valence-corrected chi connectivity index (χ2v) is 7.92. The predicted octanol–water partition coefficient (Wildman–Crippen LogP) is 2.90. The molecule has 1 saturated heterocycles. The predicted molar refractivity (Wildman–Crippen MR) is 78.2 cm³/mol. The summed E-state index contributed by atoms with van der Waals surface area (Å²) >= 11 is 1.73. The quantitative estimate of drug-likeness (QED) is 0.907. The lowest BCUT2D eigenvalue weighted by Gasteiger charge is -2.35. The van der Waals surface area contributed by atoms with Crippen LogP contribution in [0.25, 0.3) is 0 Å². The minimum Gasteiger partial charge on any atom is -0.318 e. The molecule has 4 unspecified atom stereocenters. The summed E-state index contributed by atoms with van der Waals surface area (Å²) in [6.07, 6.45) is 7.54. The first kappa shape index (κ1) is 11.8. The second kappa shape index (κ2) is 3.86. The minimum atomic E-state index is -0.186. The number of hydrogen-bond donors (Lipinski definition) is 1. The summed E-state index contributed by atoms with van der Waals surface area (Å²) < 4.78 is 0. The SMILES string of the molecule is O=C1N(C2CC3CCC2C3)C(c2ccsc2)NC12CC2. The van der Waals surface area contributed by atoms with Gasteiger partial charge in [-0.05, 0) is 66.3 Å². The van der Waals surface area contributed by atoms with Crippen LogP contribution in [0.15, 0.2) is 16.8 Å². The van der Waals surface area contributed by atoms with Gasteiger partial charge >= 0.3 is 0 Å². The zero-order chi connectivity index (χ0) is 13.3. The molecule has 0 aromatic carbocycles. The molecule has 4 heteroatoms. The molecule has 0 radical (unpaired) electrons. The highest BCUT2D eigenvalue weighted by Crippen LogP contribution is 2.53. The number of carbonyl (C=O) groups is 1. The van der Waals surface area contributed by atoms with Crippen LogP contribution in [-0.2, 0) is 4.79 Å². The van der Waals surface area contributed by atoms with Gasteiger partial charge in [0, 0.05) is 6.04 Å². The van der Waals surface area contributed by atoms with Crippen molar-refractivity contribution >= 4 is 17.2 Å². The van der Waals surface area contributed by atoms with Crippen LogP contribution in [0.3, 0.4) is 0 Å². The Balaban J connectivity index is 1.52. The van der Waals surface area contributed by atoms with E-state index in [1.54, 1.807) is 11.3 Å². The fraction of sp³-hybridized carbons (Fsp3) is 0.688. The average Bonchev–Trinajstić information content (AvgIpc) is 2.91. The molecular formula is C16H20N2OS. The fourth-order valence-electron chi connectivity index (χ4n) is 4.81. The van der Waals surface area contributed by atoms with Crippen molar-refractivity contribution in [3.63, 3.8) is 0 Å². The van der Waals surface area contributed by atoms with Crippen molar-refractivity contribution in [1.29, 1.82) is 0 Å². The minimum absolute atomic E-state index is 0.139. The highest BCUT2D eigenvalue weighted by atomic mass is 32.1. The zero-order valence-corrected chi connectivity index (χ0v) is 12.4. The molecular weight excluding hydrogens is 268 g/mol. The molecule has 2 bridgehead atoms. The molecule has 3 aliphatic carbocycles. The molecule has 106 valence electrons. The standard InChI is InChI=1S/C16H20N2OS/c19-15-16(4-5-16)17-14(12-3-6-20-9-12)18(15)13-8-10-1-2-11(13)7-10/h3,6,9-11,13-14,17H,1-2,4-5,7-8H2. The summed E-state index contributed by atoms with van der Waals surface area (Å²) in [6, 6.07) is 2.68. The molecule has 3 nitrogen and oxygen atoms in total. The summed E-state index contributed by atoms with van der Waals surface area (Å²) in [6.45, 7) is 0. The highest BCUT2D eigenvalue weighted by Gasteiger charge is 2.62. The van der Waals surface area contributed by atoms with E-state index in [1.165, 1.54) is 31.2 Å². The number of amides is 1. The van der Waals surface area contributed by atoms with Crippen molar-refractivity contribution in [3.8, 4) is 0 Å². The summed E-state index contributed by atoms with van der Waals surface area (Å²) in [5, 5.41) is 7.99. The Morgan fingerprint density at radius 1 is 1.30 bits per heavy atom. The van der Waals surface area contributed by atoms with Gasteiger partial charge in [-0.3, -0.25) is 10.1 Å². The lowest BCUT2D eigenvalue weighted by molar-refractivity contribution is -0.134. The molecule has 5 rings (SSSR count). The van der Waals surface area contributed by atoms with Crippen molar-refractivity contribution in [2.24, 2.45) is 11.8 Å². The third-order valence-corrected chi connectivity index (χ3v) is 6.70. The molecule has 3 saturated carbocycles. The Kier molecular flexibility index (Phi) is 2.27. The maximum absolute atomic E-state index is 12.9. The Labute approximate surface area is 123 Å². The van der Waals surface area contributed by atoms with E-state index in [1.807, 2.05) is 0 Å². The van der Waals surface area contributed by atoms with Crippen molar-refractivity contribution in [3.05, 3.63) is 22.4 Å². The second-order valence-electron chi connectivity index (χ2n) is 7.14. The molecule has 2 heterocycles. The van der Waals surface area contributed by atoms with Gasteiger partial charge in [-0.25, -0.2) is 0 Å². The van der Waals surface area contributed by atoms with Crippen LogP contribution < -0.4 is 5.32 Å². The third kappa shape index (κ3) is 1.47. The summed E-state index contributed by atoms with van der Waals surface area (Å²) in [4.78, 5) is 15.2. The lowest BCUT2D eigenvalue weighted by atomic mass is 9.93. The zero-order valence-electron chi connectivity index (χ0n) is 11.5. The Bertz CT molecular complexity index is 551. The van der Waals surface area contributed by atoms with E-state index < -0.39 is 0 Å². The first-order valence-corrected chi connectivity index (χ1v) is 8.84. The van der Waals surface area contributed by atoms with Crippen molar-refractivity contribution in [2.75, 3.05) is 0 Å². The largest absolute Gasteiger partial charge is 0.318 e. The Hall–Kier alpha value is -0.870. The highest BCUT2D eigenvalue weighted by molar-refractivity contribution is 7.08. The van der Waals surface area contributed by atoms with E-state index in [9.17, 15) is 4.79 Å². The van der Waals surface area contributed by atoms with Crippen molar-refractivity contribution in [1.82, 2.24) is 10.2 Å². The maximum Gasteiger partial charge on any atom is 0.244 e. The normalized spacial score (nSPS) is 41.0. The van der Waals surface area contributed by atoms with Crippen molar-refractivity contribution < 1.29 is 4.79 Å². The Morgan fingerprint density at radius 3 is 2.80 bits per heavy atom. The number of carbonyl (C=O) groups excluding carboxylic acids is 1. The molecule has 4 aliphatic rings. The van der Waals surface area contributed by atoms with Gasteiger partial charge in [-0.15, -0.1) is 0 Å². The van der Waals surface area contributed by atoms with E-state index in [0.29, 0.717) is 11.9 Å². The van der Waals surface area contributed by atoms with Gasteiger partial charge in [0.15, 0.2) is 0 Å². The molecule has 1 N–H and O–H groups in total. The van der Waals surface area contributed by atoms with E-state index in [2.05, 4.69) is 27.0 Å². The van der Waals surface area contributed by atoms with Crippen LogP contribution in [-0.4, -0.2) is 22.4 Å². The number of hydrogen-bond acceptors (Lipinski definition) is 3. The number of nitrogens with zero attached hydrogens (tertiary/aromatic N) is 1. The van der Waals surface area contributed by atoms with Gasteiger partial charge < -0.3 is 4.90 Å². The molecule has 1 aromatic rings. The molecule has 1 amide bonds. The summed E-state index contributed by atoms with van der Waals surface area (Å²) in [5.41, 5.74) is 1.10. The summed E-state index contributed by atoms with van der Waals surface area (Å²) in [7, 11) is 0. The monoisotopic (exact) mass is 288 g/mol. The summed E-state index contributed by atoms with van der Waals surface area (Å²) in [5.74, 6) is 2.05. The van der Waals surface area contributed by atoms with Gasteiger partial charge in [0.25, 0.3) is 0 Å². The van der Waals surface area contributed by atoms with Crippen LogP contribution in [0.5, 0.6) is 0 Å².